The molecule has 0 fully saturated rings. The number of hydrogen-bond donors (Lipinski definition) is 1. The van der Waals surface area contributed by atoms with Crippen molar-refractivity contribution in [1.82, 2.24) is 5.32 Å². The van der Waals surface area contributed by atoms with Crippen molar-refractivity contribution in [3.8, 4) is 5.75 Å². The molecule has 0 aliphatic rings. The lowest BCUT2D eigenvalue weighted by molar-refractivity contribution is -0.150. The number of ether oxygens (including phenoxy) is 1. The van der Waals surface area contributed by atoms with Crippen molar-refractivity contribution in [2.75, 3.05) is 6.17 Å². The molecule has 9 nitrogen and oxygen atoms in total. The van der Waals surface area contributed by atoms with Gasteiger partial charge < -0.3 is 23.3 Å². The van der Waals surface area contributed by atoms with Crippen LogP contribution in [-0.2, 0) is 27.7 Å². The van der Waals surface area contributed by atoms with E-state index in [1.165, 1.54) is 20.8 Å². The number of benzene rings is 1. The summed E-state index contributed by atoms with van der Waals surface area (Å²) >= 11 is 0. The van der Waals surface area contributed by atoms with Gasteiger partial charge in [-0.2, -0.15) is 8.78 Å². The molecule has 1 aromatic rings. The van der Waals surface area contributed by atoms with Gasteiger partial charge in [0, 0.05) is 19.3 Å². The van der Waals surface area contributed by atoms with E-state index < -0.39 is 73.8 Å². The lowest BCUT2D eigenvalue weighted by Gasteiger charge is -2.27. The molecule has 1 amide bonds. The molecular weight excluding hydrogens is 469 g/mol. The zero-order valence-electron chi connectivity index (χ0n) is 17.0. The monoisotopic (exact) mass is 487 g/mol. The van der Waals surface area contributed by atoms with Gasteiger partial charge in [0.05, 0.1) is 0 Å². The number of rotatable bonds is 9. The number of carbonyl (C=O) groups is 4. The fourth-order valence-electron chi connectivity index (χ4n) is 1.89. The van der Waals surface area contributed by atoms with Crippen molar-refractivity contribution in [3.63, 3.8) is 0 Å². The number of nitrogens with one attached hydrogen (secondary N) is 1. The van der Waals surface area contributed by atoms with Crippen LogP contribution in [0.15, 0.2) is 0 Å². The third kappa shape index (κ3) is 6.63. The Kier molecular flexibility index (Phi) is 9.55. The van der Waals surface area contributed by atoms with E-state index in [1.807, 2.05) is 0 Å². The van der Waals surface area contributed by atoms with Crippen molar-refractivity contribution >= 4 is 32.8 Å². The zero-order valence-corrected chi connectivity index (χ0v) is 18.0. The molecule has 0 saturated heterocycles. The molecule has 0 aliphatic heterocycles. The van der Waals surface area contributed by atoms with Crippen LogP contribution < -0.4 is 10.1 Å². The van der Waals surface area contributed by atoms with E-state index in [1.54, 1.807) is 5.32 Å². The summed E-state index contributed by atoms with van der Waals surface area (Å²) in [5.74, 6) is -16.9. The lowest BCUT2D eigenvalue weighted by atomic mass is 10.3. The van der Waals surface area contributed by atoms with Gasteiger partial charge in [0.15, 0.2) is 0 Å². The lowest BCUT2D eigenvalue weighted by Crippen LogP contribution is -2.58. The molecule has 0 aromatic heterocycles. The first-order chi connectivity index (χ1) is 14.9. The zero-order chi connectivity index (χ0) is 24.6. The maximum Gasteiger partial charge on any atom is 0.725 e. The van der Waals surface area contributed by atoms with Crippen LogP contribution in [0.25, 0.3) is 0 Å². The van der Waals surface area contributed by atoms with E-state index in [9.17, 15) is 41.1 Å². The minimum Gasteiger partial charge on any atom is -0.454 e. The molecule has 32 heavy (non-hydrogen) atoms. The summed E-state index contributed by atoms with van der Waals surface area (Å²) in [6.07, 6.45) is -3.56. The second-order valence-corrected chi connectivity index (χ2v) is 8.14. The first-order valence-electron chi connectivity index (χ1n) is 9.03. The van der Waals surface area contributed by atoms with Gasteiger partial charge in [0.1, 0.15) is 6.17 Å². The molecule has 0 saturated carbocycles. The number of halogens is 5. The number of carbonyl (C=O) groups excluding carboxylic acids is 4. The molecule has 0 heterocycles. The second kappa shape index (κ2) is 11.4. The van der Waals surface area contributed by atoms with E-state index in [0.29, 0.717) is 0 Å². The van der Waals surface area contributed by atoms with Crippen LogP contribution in [0.4, 0.5) is 26.7 Å². The van der Waals surface area contributed by atoms with Gasteiger partial charge >= 0.3 is 14.9 Å². The average molecular weight is 487 g/mol. The van der Waals surface area contributed by atoms with E-state index in [4.69, 9.17) is 13.3 Å². The predicted molar refractivity (Wildman–Crippen MR) is 95.2 cm³/mol. The molecule has 178 valence electrons. The largest absolute Gasteiger partial charge is 0.725 e. The molecule has 0 spiro atoms. The Morgan fingerprint density at radius 1 is 0.688 bits per heavy atom. The van der Waals surface area contributed by atoms with Gasteiger partial charge in [0.25, 0.3) is 17.9 Å². The fraction of sp³-hybridized carbons (Fsp3) is 0.412. The quantitative estimate of drug-likeness (QED) is 0.245. The van der Waals surface area contributed by atoms with Gasteiger partial charge in [-0.05, 0) is 0 Å². The topological polar surface area (TPSA) is 117 Å². The molecule has 1 N–H and O–H groups in total. The van der Waals surface area contributed by atoms with E-state index in [2.05, 4.69) is 4.74 Å². The standard InChI is InChI=1S/C17H18F5NO8Si/c1-4-8(24)29-32(30-9(25)5-2,31-10(26)6-3)7-23-17(27)28-16-14(21)12(19)11(18)13(20)15(16)22/h4-7H2,1-3H3,(H,23,27). The van der Waals surface area contributed by atoms with Crippen LogP contribution in [0.2, 0.25) is 0 Å². The Labute approximate surface area is 179 Å². The summed E-state index contributed by atoms with van der Waals surface area (Å²) in [6, 6.07) is 0. The highest BCUT2D eigenvalue weighted by molar-refractivity contribution is 6.66. The third-order valence-electron chi connectivity index (χ3n) is 3.49. The number of amides is 1. The summed E-state index contributed by atoms with van der Waals surface area (Å²) in [4.78, 5) is 47.2. The predicted octanol–water partition coefficient (Wildman–Crippen LogP) is 2.81. The first-order valence-corrected chi connectivity index (χ1v) is 11.0. The maximum atomic E-state index is 13.7. The molecule has 15 heteroatoms. The Morgan fingerprint density at radius 2 is 1.03 bits per heavy atom. The molecule has 0 aliphatic carbocycles. The second-order valence-electron chi connectivity index (χ2n) is 5.81. The van der Waals surface area contributed by atoms with Crippen LogP contribution in [0.3, 0.4) is 0 Å². The van der Waals surface area contributed by atoms with Gasteiger partial charge in [-0.3, -0.25) is 14.4 Å². The smallest absolute Gasteiger partial charge is 0.454 e. The van der Waals surface area contributed by atoms with E-state index >= 15 is 0 Å². The summed E-state index contributed by atoms with van der Waals surface area (Å²) < 4.78 is 85.9. The summed E-state index contributed by atoms with van der Waals surface area (Å²) in [7, 11) is -4.64. The molecule has 1 aromatic carbocycles. The van der Waals surface area contributed by atoms with Crippen molar-refractivity contribution < 1.29 is 59.1 Å². The molecule has 0 bridgehead atoms. The normalized spacial score (nSPS) is 10.9. The van der Waals surface area contributed by atoms with Gasteiger partial charge in [-0.25, -0.2) is 18.0 Å². The maximum absolute atomic E-state index is 13.7. The van der Waals surface area contributed by atoms with Crippen LogP contribution in [0, 0.1) is 29.1 Å². The van der Waals surface area contributed by atoms with Crippen molar-refractivity contribution in [3.05, 3.63) is 29.1 Å². The number of hydrogen-bond acceptors (Lipinski definition) is 8. The average Bonchev–Trinajstić information content (AvgIpc) is 2.77. The van der Waals surface area contributed by atoms with Crippen molar-refractivity contribution in [2.24, 2.45) is 0 Å². The third-order valence-corrected chi connectivity index (χ3v) is 5.71. The van der Waals surface area contributed by atoms with Crippen molar-refractivity contribution in [1.29, 1.82) is 0 Å². The molecule has 0 unspecified atom stereocenters. The molecular formula is C17H18F5NO8Si. The minimum absolute atomic E-state index is 0.253. The van der Waals surface area contributed by atoms with E-state index in [-0.39, 0.29) is 19.3 Å². The first kappa shape index (κ1) is 26.8. The van der Waals surface area contributed by atoms with Gasteiger partial charge in [-0.15, -0.1) is 0 Å². The molecule has 1 rings (SSSR count). The van der Waals surface area contributed by atoms with Gasteiger partial charge in [0.2, 0.25) is 34.8 Å². The highest BCUT2D eigenvalue weighted by atomic mass is 28.4. The summed E-state index contributed by atoms with van der Waals surface area (Å²) in [5.41, 5.74) is 0. The Bertz CT molecular complexity index is 839. The Hall–Kier alpha value is -3.23. The van der Waals surface area contributed by atoms with Crippen LogP contribution in [0.1, 0.15) is 40.0 Å². The Morgan fingerprint density at radius 3 is 1.38 bits per heavy atom. The fourth-order valence-corrected chi connectivity index (χ4v) is 4.07. The van der Waals surface area contributed by atoms with Crippen LogP contribution in [0.5, 0.6) is 5.75 Å². The molecule has 0 radical (unpaired) electrons. The van der Waals surface area contributed by atoms with E-state index in [0.717, 1.165) is 0 Å². The van der Waals surface area contributed by atoms with Crippen LogP contribution in [-0.4, -0.2) is 39.0 Å². The van der Waals surface area contributed by atoms with Crippen molar-refractivity contribution in [2.45, 2.75) is 40.0 Å². The highest BCUT2D eigenvalue weighted by Crippen LogP contribution is 2.29. The SMILES string of the molecule is CCC(=O)O[Si](CNC(=O)Oc1c(F)c(F)c(F)c(F)c1F)(OC(=O)CC)OC(=O)CC. The van der Waals surface area contributed by atoms with Crippen LogP contribution >= 0.6 is 0 Å². The minimum atomic E-state index is -4.64. The Balaban J connectivity index is 3.17. The summed E-state index contributed by atoms with van der Waals surface area (Å²) in [6.45, 7) is 4.07. The van der Waals surface area contributed by atoms with Gasteiger partial charge in [-0.1, -0.05) is 20.8 Å². The highest BCUT2D eigenvalue weighted by Gasteiger charge is 2.53. The summed E-state index contributed by atoms with van der Waals surface area (Å²) in [5, 5.41) is 1.77. The molecule has 0 atom stereocenters.